The van der Waals surface area contributed by atoms with Crippen molar-refractivity contribution in [2.24, 2.45) is 0 Å². The smallest absolute Gasteiger partial charge is 0.339 e. The van der Waals surface area contributed by atoms with Crippen LogP contribution >= 0.6 is 11.8 Å². The molecule has 4 aromatic rings. The molecule has 1 aromatic heterocycles. The van der Waals surface area contributed by atoms with Crippen LogP contribution in [0.15, 0.2) is 87.2 Å². The molecule has 0 radical (unpaired) electrons. The number of nitrogens with two attached hydrogens (primary N) is 1. The van der Waals surface area contributed by atoms with E-state index in [1.54, 1.807) is 12.1 Å². The van der Waals surface area contributed by atoms with Crippen LogP contribution in [0.2, 0.25) is 0 Å². The zero-order valence-electron chi connectivity index (χ0n) is 14.7. The minimum absolute atomic E-state index is 0.289. The standard InChI is InChI=1S/C21H17FN2O2S2/c22-16-8-9-20(27-13-14-4-3-6-17(23)10-14)18(12-16)24-28(25)21-11-15-5-1-2-7-19(15)26-21/h1-12,24H,13,23H2. The number of anilines is 2. The zero-order chi connectivity index (χ0) is 19.5. The molecule has 1 atom stereocenters. The Morgan fingerprint density at radius 2 is 1.89 bits per heavy atom. The van der Waals surface area contributed by atoms with Gasteiger partial charge in [-0.15, -0.1) is 11.8 Å². The van der Waals surface area contributed by atoms with Crippen molar-refractivity contribution in [1.29, 1.82) is 0 Å². The first kappa shape index (κ1) is 18.7. The molecule has 0 saturated heterocycles. The molecule has 0 aliphatic rings. The lowest BCUT2D eigenvalue weighted by molar-refractivity contribution is 0.484. The van der Waals surface area contributed by atoms with Gasteiger partial charge in [0.05, 0.1) is 5.69 Å². The summed E-state index contributed by atoms with van der Waals surface area (Å²) in [4.78, 5) is 0.785. The highest BCUT2D eigenvalue weighted by atomic mass is 32.2. The molecule has 0 spiro atoms. The highest BCUT2D eigenvalue weighted by molar-refractivity contribution is 7.98. The Kier molecular flexibility index (Phi) is 5.47. The Hall–Kier alpha value is -2.61. The number of hydrogen-bond donors (Lipinski definition) is 2. The van der Waals surface area contributed by atoms with Crippen LogP contribution in [0, 0.1) is 5.82 Å². The van der Waals surface area contributed by atoms with Crippen LogP contribution in [0.25, 0.3) is 11.0 Å². The van der Waals surface area contributed by atoms with E-state index < -0.39 is 17.2 Å². The van der Waals surface area contributed by atoms with Crippen LogP contribution in [0.5, 0.6) is 0 Å². The number of nitrogen functional groups attached to an aromatic ring is 1. The Balaban J connectivity index is 1.54. The molecule has 7 heteroatoms. The van der Waals surface area contributed by atoms with Gasteiger partial charge in [0.1, 0.15) is 22.8 Å². The van der Waals surface area contributed by atoms with Crippen molar-refractivity contribution in [3.05, 3.63) is 84.2 Å². The molecule has 4 rings (SSSR count). The van der Waals surface area contributed by atoms with E-state index in [0.29, 0.717) is 22.7 Å². The van der Waals surface area contributed by atoms with E-state index in [0.717, 1.165) is 15.8 Å². The van der Waals surface area contributed by atoms with Crippen molar-refractivity contribution in [3.63, 3.8) is 0 Å². The van der Waals surface area contributed by atoms with E-state index in [1.807, 2.05) is 48.5 Å². The van der Waals surface area contributed by atoms with E-state index in [4.69, 9.17) is 10.2 Å². The summed E-state index contributed by atoms with van der Waals surface area (Å²) >= 11 is -0.144. The Morgan fingerprint density at radius 1 is 1.04 bits per heavy atom. The summed E-state index contributed by atoms with van der Waals surface area (Å²) < 4.78 is 35.0. The molecular weight excluding hydrogens is 395 g/mol. The van der Waals surface area contributed by atoms with Gasteiger partial charge in [0.2, 0.25) is 0 Å². The first-order valence-corrected chi connectivity index (χ1v) is 10.7. The Bertz CT molecular complexity index is 1080. The lowest BCUT2D eigenvalue weighted by Gasteiger charge is -2.13. The summed E-state index contributed by atoms with van der Waals surface area (Å²) in [5.41, 5.74) is 8.68. The average molecular weight is 413 g/mol. The summed E-state index contributed by atoms with van der Waals surface area (Å²) in [7, 11) is 0. The van der Waals surface area contributed by atoms with Gasteiger partial charge in [-0.1, -0.05) is 30.3 Å². The molecule has 0 aliphatic carbocycles. The number of hydrogen-bond acceptors (Lipinski definition) is 5. The predicted molar refractivity (Wildman–Crippen MR) is 113 cm³/mol. The number of thioether (sulfide) groups is 1. The van der Waals surface area contributed by atoms with Crippen LogP contribution in [0.3, 0.4) is 0 Å². The fourth-order valence-electron chi connectivity index (χ4n) is 2.75. The Labute approximate surface area is 169 Å². The first-order valence-electron chi connectivity index (χ1n) is 8.52. The van der Waals surface area contributed by atoms with E-state index in [2.05, 4.69) is 4.72 Å². The fraction of sp³-hybridized carbons (Fsp3) is 0.0476. The first-order chi connectivity index (χ1) is 13.6. The Morgan fingerprint density at radius 3 is 2.71 bits per heavy atom. The molecule has 1 heterocycles. The van der Waals surface area contributed by atoms with Crippen molar-refractivity contribution in [2.45, 2.75) is 15.7 Å². The highest BCUT2D eigenvalue weighted by Gasteiger charge is 2.20. The van der Waals surface area contributed by atoms with Crippen LogP contribution in [-0.2, 0) is 17.1 Å². The molecule has 28 heavy (non-hydrogen) atoms. The maximum Gasteiger partial charge on any atom is 0.339 e. The molecule has 0 fully saturated rings. The number of fused-ring (bicyclic) bond motifs is 1. The van der Waals surface area contributed by atoms with Crippen LogP contribution in [0.1, 0.15) is 5.56 Å². The molecule has 0 amide bonds. The van der Waals surface area contributed by atoms with Gasteiger partial charge >= 0.3 is 5.09 Å². The van der Waals surface area contributed by atoms with Gasteiger partial charge in [0, 0.05) is 33.9 Å². The SMILES string of the molecule is Nc1cccc(CSc2ccc(F)cc2N[S+]([O-])c2cc3ccccc3o2)c1. The van der Waals surface area contributed by atoms with Gasteiger partial charge in [-0.05, 0) is 35.9 Å². The summed E-state index contributed by atoms with van der Waals surface area (Å²) in [5, 5.41) is 1.15. The quantitative estimate of drug-likeness (QED) is 0.246. The van der Waals surface area contributed by atoms with Crippen molar-refractivity contribution in [3.8, 4) is 0 Å². The van der Waals surface area contributed by atoms with Crippen LogP contribution < -0.4 is 10.5 Å². The average Bonchev–Trinajstić information content (AvgIpc) is 3.12. The molecule has 0 bridgehead atoms. The zero-order valence-corrected chi connectivity index (χ0v) is 16.4. The molecule has 0 aliphatic heterocycles. The fourth-order valence-corrected chi connectivity index (χ4v) is 4.62. The third-order valence-corrected chi connectivity index (χ3v) is 6.19. The molecule has 142 valence electrons. The maximum absolute atomic E-state index is 13.8. The third-order valence-electron chi connectivity index (χ3n) is 4.08. The van der Waals surface area contributed by atoms with E-state index in [9.17, 15) is 8.94 Å². The lowest BCUT2D eigenvalue weighted by atomic mass is 10.2. The number of nitrogens with one attached hydrogen (secondary N) is 1. The summed E-state index contributed by atoms with van der Waals surface area (Å²) in [6.45, 7) is 0. The topological polar surface area (TPSA) is 74.2 Å². The monoisotopic (exact) mass is 412 g/mol. The van der Waals surface area contributed by atoms with E-state index >= 15 is 0 Å². The van der Waals surface area contributed by atoms with Gasteiger partial charge in [-0.25, -0.2) is 4.39 Å². The van der Waals surface area contributed by atoms with Crippen LogP contribution in [-0.4, -0.2) is 4.55 Å². The van der Waals surface area contributed by atoms with E-state index in [-0.39, 0.29) is 5.09 Å². The molecule has 4 nitrogen and oxygen atoms in total. The summed E-state index contributed by atoms with van der Waals surface area (Å²) in [6, 6.07) is 21.1. The van der Waals surface area contributed by atoms with Gasteiger partial charge in [0.15, 0.2) is 0 Å². The second-order valence-electron chi connectivity index (χ2n) is 6.15. The lowest BCUT2D eigenvalue weighted by Crippen LogP contribution is -2.13. The summed E-state index contributed by atoms with van der Waals surface area (Å²) in [5.74, 6) is 0.250. The largest absolute Gasteiger partial charge is 0.585 e. The van der Waals surface area contributed by atoms with Crippen molar-refractivity contribution < 1.29 is 13.4 Å². The highest BCUT2D eigenvalue weighted by Crippen LogP contribution is 2.33. The number of benzene rings is 3. The second-order valence-corrected chi connectivity index (χ2v) is 8.31. The number of furan rings is 1. The normalized spacial score (nSPS) is 12.2. The van der Waals surface area contributed by atoms with Crippen molar-refractivity contribution in [2.75, 3.05) is 10.5 Å². The molecule has 3 N–H and O–H groups in total. The van der Waals surface area contributed by atoms with E-state index in [1.165, 1.54) is 23.9 Å². The molecular formula is C21H17FN2O2S2. The number of para-hydroxylation sites is 1. The third kappa shape index (κ3) is 4.27. The summed E-state index contributed by atoms with van der Waals surface area (Å²) in [6.07, 6.45) is 0. The minimum atomic E-state index is -1.65. The molecule has 0 saturated carbocycles. The van der Waals surface area contributed by atoms with Crippen LogP contribution in [0.4, 0.5) is 15.8 Å². The van der Waals surface area contributed by atoms with Gasteiger partial charge in [-0.3, -0.25) is 0 Å². The van der Waals surface area contributed by atoms with Crippen molar-refractivity contribution >= 4 is 45.5 Å². The minimum Gasteiger partial charge on any atom is -0.585 e. The second kappa shape index (κ2) is 8.18. The van der Waals surface area contributed by atoms with Crippen molar-refractivity contribution in [1.82, 2.24) is 0 Å². The predicted octanol–water partition coefficient (Wildman–Crippen LogP) is 5.58. The molecule has 1 unspecified atom stereocenters. The van der Waals surface area contributed by atoms with Gasteiger partial charge in [-0.2, -0.15) is 4.72 Å². The maximum atomic E-state index is 13.8. The van der Waals surface area contributed by atoms with Gasteiger partial charge in [0.25, 0.3) is 0 Å². The molecule has 3 aromatic carbocycles. The number of halogens is 1. The number of rotatable bonds is 6. The van der Waals surface area contributed by atoms with Gasteiger partial charge < -0.3 is 14.7 Å².